The Morgan fingerprint density at radius 3 is 3.19 bits per heavy atom. The third kappa shape index (κ3) is 3.71. The van der Waals surface area contributed by atoms with Crippen LogP contribution < -0.4 is 10.6 Å². The molecule has 1 amide bonds. The molecule has 0 unspecified atom stereocenters. The molecule has 0 bridgehead atoms. The molecular weight excluding hydrogens is 206 g/mol. The second-order valence-corrected chi connectivity index (χ2v) is 3.12. The van der Waals surface area contributed by atoms with Gasteiger partial charge in [-0.15, -0.1) is 16.6 Å². The first-order valence-corrected chi connectivity index (χ1v) is 5.05. The molecule has 0 aliphatic carbocycles. The van der Waals surface area contributed by atoms with Crippen molar-refractivity contribution < 1.29 is 4.79 Å². The Hall–Kier alpha value is -1.87. The van der Waals surface area contributed by atoms with Crippen molar-refractivity contribution in [1.29, 1.82) is 0 Å². The number of nitrogens with zero attached hydrogens (tertiary/aromatic N) is 3. The molecule has 6 heteroatoms. The first-order valence-electron chi connectivity index (χ1n) is 5.05. The van der Waals surface area contributed by atoms with Crippen LogP contribution >= 0.6 is 0 Å². The summed E-state index contributed by atoms with van der Waals surface area (Å²) in [7, 11) is 0. The average molecular weight is 221 g/mol. The van der Waals surface area contributed by atoms with Crippen LogP contribution in [-0.2, 0) is 17.9 Å². The van der Waals surface area contributed by atoms with Crippen LogP contribution in [0.4, 0.5) is 0 Å². The predicted octanol–water partition coefficient (Wildman–Crippen LogP) is -0.863. The molecule has 1 aromatic heterocycles. The van der Waals surface area contributed by atoms with Crippen molar-refractivity contribution in [3.05, 3.63) is 12.2 Å². The first-order chi connectivity index (χ1) is 7.77. The number of terminal acetylenes is 1. The third-order valence-electron chi connectivity index (χ3n) is 1.99. The number of amides is 1. The normalized spacial score (nSPS) is 9.75. The molecule has 0 aliphatic rings. The van der Waals surface area contributed by atoms with Crippen molar-refractivity contribution in [2.45, 2.75) is 20.0 Å². The van der Waals surface area contributed by atoms with Gasteiger partial charge in [0.05, 0.1) is 19.6 Å². The molecule has 0 fully saturated rings. The van der Waals surface area contributed by atoms with Crippen LogP contribution in [0, 0.1) is 12.3 Å². The minimum absolute atomic E-state index is 0.110. The van der Waals surface area contributed by atoms with E-state index in [1.165, 1.54) is 0 Å². The second kappa shape index (κ2) is 6.58. The zero-order valence-corrected chi connectivity index (χ0v) is 9.23. The lowest BCUT2D eigenvalue weighted by molar-refractivity contribution is -0.120. The average Bonchev–Trinajstić information content (AvgIpc) is 2.74. The van der Waals surface area contributed by atoms with Gasteiger partial charge in [0.1, 0.15) is 6.33 Å². The fourth-order valence-corrected chi connectivity index (χ4v) is 1.17. The van der Waals surface area contributed by atoms with Gasteiger partial charge in [0.25, 0.3) is 0 Å². The van der Waals surface area contributed by atoms with E-state index in [1.54, 1.807) is 6.33 Å². The highest BCUT2D eigenvalue weighted by atomic mass is 16.1. The molecule has 0 radical (unpaired) electrons. The van der Waals surface area contributed by atoms with Gasteiger partial charge < -0.3 is 9.88 Å². The van der Waals surface area contributed by atoms with E-state index in [0.29, 0.717) is 13.1 Å². The van der Waals surface area contributed by atoms with E-state index in [4.69, 9.17) is 6.42 Å². The van der Waals surface area contributed by atoms with E-state index in [9.17, 15) is 4.79 Å². The van der Waals surface area contributed by atoms with Crippen LogP contribution in [-0.4, -0.2) is 33.8 Å². The van der Waals surface area contributed by atoms with Gasteiger partial charge in [0, 0.05) is 6.54 Å². The number of hydrogen-bond donors (Lipinski definition) is 2. The topological polar surface area (TPSA) is 71.8 Å². The Bertz CT molecular complexity index is 379. The van der Waals surface area contributed by atoms with Gasteiger partial charge in [0.2, 0.25) is 5.91 Å². The third-order valence-corrected chi connectivity index (χ3v) is 1.99. The Kier molecular flexibility index (Phi) is 5.02. The molecule has 0 spiro atoms. The van der Waals surface area contributed by atoms with Gasteiger partial charge in [-0.05, 0) is 6.92 Å². The van der Waals surface area contributed by atoms with Crippen LogP contribution in [0.15, 0.2) is 6.33 Å². The highest BCUT2D eigenvalue weighted by Gasteiger charge is 2.04. The predicted molar refractivity (Wildman–Crippen MR) is 59.2 cm³/mol. The Morgan fingerprint density at radius 1 is 1.69 bits per heavy atom. The summed E-state index contributed by atoms with van der Waals surface area (Å²) in [6.45, 7) is 3.75. The first kappa shape index (κ1) is 12.2. The molecule has 1 rings (SSSR count). The highest BCUT2D eigenvalue weighted by molar-refractivity contribution is 5.77. The molecule has 0 aromatic carbocycles. The molecule has 86 valence electrons. The number of nitrogens with one attached hydrogen (secondary N) is 2. The van der Waals surface area contributed by atoms with Crippen LogP contribution in [0.1, 0.15) is 12.7 Å². The molecule has 0 saturated carbocycles. The van der Waals surface area contributed by atoms with Crippen LogP contribution in [0.3, 0.4) is 0 Å². The van der Waals surface area contributed by atoms with Crippen molar-refractivity contribution >= 4 is 5.91 Å². The fraction of sp³-hybridized carbons (Fsp3) is 0.500. The summed E-state index contributed by atoms with van der Waals surface area (Å²) < 4.78 is 1.87. The molecule has 1 heterocycles. The fourth-order valence-electron chi connectivity index (χ4n) is 1.17. The smallest absolute Gasteiger partial charge is 0.234 e. The van der Waals surface area contributed by atoms with E-state index in [0.717, 1.165) is 12.4 Å². The Balaban J connectivity index is 2.29. The molecule has 0 aliphatic heterocycles. The maximum atomic E-state index is 11.3. The standard InChI is InChI=1S/C10H15N5O/c1-3-5-11-7-10(16)12-6-9-14-13-8-15(9)4-2/h1,8,11H,4-7H2,2H3,(H,12,16). The van der Waals surface area contributed by atoms with E-state index in [-0.39, 0.29) is 12.5 Å². The summed E-state index contributed by atoms with van der Waals surface area (Å²) in [5.41, 5.74) is 0. The number of carbonyl (C=O) groups excluding carboxylic acids is 1. The highest BCUT2D eigenvalue weighted by Crippen LogP contribution is 1.93. The van der Waals surface area contributed by atoms with Gasteiger partial charge in [0.15, 0.2) is 5.82 Å². The lowest BCUT2D eigenvalue weighted by Gasteiger charge is -2.05. The lowest BCUT2D eigenvalue weighted by Crippen LogP contribution is -2.34. The van der Waals surface area contributed by atoms with Crippen LogP contribution in [0.2, 0.25) is 0 Å². The minimum atomic E-state index is -0.110. The van der Waals surface area contributed by atoms with Crippen molar-refractivity contribution in [2.24, 2.45) is 0 Å². The zero-order valence-electron chi connectivity index (χ0n) is 9.23. The molecule has 6 nitrogen and oxygen atoms in total. The molecule has 0 atom stereocenters. The summed E-state index contributed by atoms with van der Waals surface area (Å²) in [4.78, 5) is 11.3. The van der Waals surface area contributed by atoms with Gasteiger partial charge in [-0.3, -0.25) is 10.1 Å². The van der Waals surface area contributed by atoms with Crippen LogP contribution in [0.5, 0.6) is 0 Å². The van der Waals surface area contributed by atoms with Gasteiger partial charge in [-0.25, -0.2) is 0 Å². The number of hydrogen-bond acceptors (Lipinski definition) is 4. The van der Waals surface area contributed by atoms with E-state index >= 15 is 0 Å². The summed E-state index contributed by atoms with van der Waals surface area (Å²) in [5, 5.41) is 13.2. The Labute approximate surface area is 94.4 Å². The Morgan fingerprint density at radius 2 is 2.50 bits per heavy atom. The monoisotopic (exact) mass is 221 g/mol. The lowest BCUT2D eigenvalue weighted by atomic mass is 10.5. The number of rotatable bonds is 6. The number of carbonyl (C=O) groups is 1. The van der Waals surface area contributed by atoms with E-state index in [1.807, 2.05) is 11.5 Å². The maximum absolute atomic E-state index is 11.3. The van der Waals surface area contributed by atoms with E-state index < -0.39 is 0 Å². The summed E-state index contributed by atoms with van der Waals surface area (Å²) >= 11 is 0. The number of aromatic nitrogens is 3. The molecule has 16 heavy (non-hydrogen) atoms. The van der Waals surface area contributed by atoms with Crippen molar-refractivity contribution in [2.75, 3.05) is 13.1 Å². The summed E-state index contributed by atoms with van der Waals surface area (Å²) in [6, 6.07) is 0. The molecule has 2 N–H and O–H groups in total. The molecule has 1 aromatic rings. The second-order valence-electron chi connectivity index (χ2n) is 3.12. The minimum Gasteiger partial charge on any atom is -0.348 e. The largest absolute Gasteiger partial charge is 0.348 e. The van der Waals surface area contributed by atoms with E-state index in [2.05, 4.69) is 26.8 Å². The van der Waals surface area contributed by atoms with Crippen molar-refractivity contribution in [1.82, 2.24) is 25.4 Å². The molecule has 0 saturated heterocycles. The van der Waals surface area contributed by atoms with Crippen molar-refractivity contribution in [3.63, 3.8) is 0 Å². The SMILES string of the molecule is C#CCNCC(=O)NCc1nncn1CC. The number of aryl methyl sites for hydroxylation is 1. The van der Waals surface area contributed by atoms with Crippen LogP contribution in [0.25, 0.3) is 0 Å². The molecular formula is C10H15N5O. The quantitative estimate of drug-likeness (QED) is 0.484. The maximum Gasteiger partial charge on any atom is 0.234 e. The summed E-state index contributed by atoms with van der Waals surface area (Å²) in [5.74, 6) is 3.03. The van der Waals surface area contributed by atoms with Gasteiger partial charge in [-0.1, -0.05) is 5.92 Å². The summed E-state index contributed by atoms with van der Waals surface area (Å²) in [6.07, 6.45) is 6.67. The van der Waals surface area contributed by atoms with Gasteiger partial charge in [-0.2, -0.15) is 0 Å². The van der Waals surface area contributed by atoms with Gasteiger partial charge >= 0.3 is 0 Å². The van der Waals surface area contributed by atoms with Crippen molar-refractivity contribution in [3.8, 4) is 12.3 Å². The zero-order chi connectivity index (χ0) is 11.8.